The van der Waals surface area contributed by atoms with Gasteiger partial charge in [0.05, 0.1) is 0 Å². The van der Waals surface area contributed by atoms with Gasteiger partial charge in [0.15, 0.2) is 6.54 Å². The summed E-state index contributed by atoms with van der Waals surface area (Å²) in [5.41, 5.74) is 4.20. The number of quaternary nitrogens is 1. The van der Waals surface area contributed by atoms with Crippen LogP contribution in [0.4, 0.5) is 4.39 Å². The third-order valence-corrected chi connectivity index (χ3v) is 4.98. The Hall–Kier alpha value is -3.31. The lowest BCUT2D eigenvalue weighted by Crippen LogP contribution is -2.84. The van der Waals surface area contributed by atoms with E-state index in [9.17, 15) is 4.39 Å². The molecule has 0 amide bonds. The number of hydrogen-bond acceptors (Lipinski definition) is 3. The van der Waals surface area contributed by atoms with Crippen LogP contribution in [0.1, 0.15) is 35.5 Å². The summed E-state index contributed by atoms with van der Waals surface area (Å²) in [5.74, 6) is 0.870. The van der Waals surface area contributed by atoms with Gasteiger partial charge < -0.3 is 9.84 Å². The molecule has 1 heterocycles. The molecule has 4 nitrogen and oxygen atoms in total. The van der Waals surface area contributed by atoms with Crippen LogP contribution in [0.25, 0.3) is 11.4 Å². The van der Waals surface area contributed by atoms with E-state index in [1.165, 1.54) is 11.6 Å². The van der Waals surface area contributed by atoms with E-state index in [-0.39, 0.29) is 11.9 Å². The van der Waals surface area contributed by atoms with Crippen LogP contribution in [0.15, 0.2) is 83.4 Å². The largest absolute Gasteiger partial charge is 0.333 e. The first-order valence-corrected chi connectivity index (χ1v) is 9.78. The number of aryl methyl sites for hydroxylation is 1. The van der Waals surface area contributed by atoms with Gasteiger partial charge in [-0.1, -0.05) is 78.8 Å². The summed E-state index contributed by atoms with van der Waals surface area (Å²) in [6.07, 6.45) is 0.985. The third-order valence-electron chi connectivity index (χ3n) is 4.98. The Morgan fingerprint density at radius 1 is 0.931 bits per heavy atom. The second-order valence-electron chi connectivity index (χ2n) is 6.95. The van der Waals surface area contributed by atoms with Crippen LogP contribution in [-0.4, -0.2) is 10.1 Å². The smallest absolute Gasteiger partial charge is 0.282 e. The van der Waals surface area contributed by atoms with Crippen molar-refractivity contribution in [3.05, 3.63) is 107 Å². The SMILES string of the molecule is CCc1ccc([C@H]([NH2+]Cc2nc(-c3ccccc3)no2)c2cccc(F)c2)cc1. The standard InChI is InChI=1S/C24H22FN3O/c1-2-17-11-13-18(14-12-17)23(20-9-6-10-21(25)15-20)26-16-22-27-24(28-29-22)19-7-4-3-5-8-19/h3-15,23,26H,2,16H2,1H3/p+1/t23-/m0/s1. The van der Waals surface area contributed by atoms with Crippen molar-refractivity contribution < 1.29 is 14.2 Å². The summed E-state index contributed by atoms with van der Waals surface area (Å²) in [7, 11) is 0. The molecule has 3 aromatic carbocycles. The molecule has 0 fully saturated rings. The maximum atomic E-state index is 13.9. The molecule has 0 radical (unpaired) electrons. The van der Waals surface area contributed by atoms with E-state index >= 15 is 0 Å². The van der Waals surface area contributed by atoms with Crippen molar-refractivity contribution >= 4 is 0 Å². The molecule has 0 aliphatic heterocycles. The van der Waals surface area contributed by atoms with Gasteiger partial charge >= 0.3 is 0 Å². The first kappa shape index (κ1) is 19.0. The number of nitrogens with zero attached hydrogens (tertiary/aromatic N) is 2. The number of halogens is 1. The first-order valence-electron chi connectivity index (χ1n) is 9.78. The molecule has 0 saturated heterocycles. The van der Waals surface area contributed by atoms with Crippen molar-refractivity contribution in [3.63, 3.8) is 0 Å². The highest BCUT2D eigenvalue weighted by Crippen LogP contribution is 2.21. The number of benzene rings is 3. The summed E-state index contributed by atoms with van der Waals surface area (Å²) in [6, 6.07) is 24.8. The number of hydrogen-bond donors (Lipinski definition) is 1. The second kappa shape index (κ2) is 8.80. The molecule has 0 saturated carbocycles. The fourth-order valence-corrected chi connectivity index (χ4v) is 3.39. The van der Waals surface area contributed by atoms with Crippen LogP contribution < -0.4 is 5.32 Å². The molecule has 0 unspecified atom stereocenters. The Morgan fingerprint density at radius 3 is 2.45 bits per heavy atom. The van der Waals surface area contributed by atoms with Gasteiger partial charge in [-0.3, -0.25) is 0 Å². The number of nitrogens with two attached hydrogens (primary N) is 1. The normalized spacial score (nSPS) is 12.1. The highest BCUT2D eigenvalue weighted by molar-refractivity contribution is 5.53. The molecule has 0 aliphatic rings. The van der Waals surface area contributed by atoms with Gasteiger partial charge in [0.1, 0.15) is 11.9 Å². The molecule has 0 bridgehead atoms. The Morgan fingerprint density at radius 2 is 1.72 bits per heavy atom. The predicted molar refractivity (Wildman–Crippen MR) is 109 cm³/mol. The van der Waals surface area contributed by atoms with Crippen LogP contribution in [0.3, 0.4) is 0 Å². The molecule has 2 N–H and O–H groups in total. The molecule has 0 aliphatic carbocycles. The summed E-state index contributed by atoms with van der Waals surface area (Å²) < 4.78 is 19.3. The maximum absolute atomic E-state index is 13.9. The summed E-state index contributed by atoms with van der Waals surface area (Å²) in [4.78, 5) is 4.50. The van der Waals surface area contributed by atoms with Crippen molar-refractivity contribution in [2.24, 2.45) is 0 Å². The Balaban J connectivity index is 1.56. The van der Waals surface area contributed by atoms with Crippen LogP contribution in [-0.2, 0) is 13.0 Å². The van der Waals surface area contributed by atoms with Crippen molar-refractivity contribution in [3.8, 4) is 11.4 Å². The van der Waals surface area contributed by atoms with E-state index < -0.39 is 0 Å². The Kier molecular flexibility index (Phi) is 5.77. The van der Waals surface area contributed by atoms with Crippen molar-refractivity contribution in [2.75, 3.05) is 0 Å². The lowest BCUT2D eigenvalue weighted by Gasteiger charge is -2.16. The highest BCUT2D eigenvalue weighted by atomic mass is 19.1. The average Bonchev–Trinajstić information content (AvgIpc) is 3.24. The van der Waals surface area contributed by atoms with E-state index in [4.69, 9.17) is 4.52 Å². The second-order valence-corrected chi connectivity index (χ2v) is 6.95. The van der Waals surface area contributed by atoms with E-state index in [0.29, 0.717) is 18.3 Å². The van der Waals surface area contributed by atoms with E-state index in [1.807, 2.05) is 36.4 Å². The van der Waals surface area contributed by atoms with Crippen LogP contribution >= 0.6 is 0 Å². The molecule has 0 spiro atoms. The average molecular weight is 388 g/mol. The molecular formula is C24H23FN3O+. The number of rotatable bonds is 7. The predicted octanol–water partition coefficient (Wildman–Crippen LogP) is 4.29. The minimum Gasteiger partial charge on any atom is -0.333 e. The minimum atomic E-state index is -0.241. The van der Waals surface area contributed by atoms with E-state index in [2.05, 4.69) is 46.6 Å². The van der Waals surface area contributed by atoms with E-state index in [0.717, 1.165) is 23.1 Å². The molecule has 4 rings (SSSR count). The fraction of sp³-hybridized carbons (Fsp3) is 0.167. The molecule has 1 aromatic heterocycles. The minimum absolute atomic E-state index is 0.0660. The zero-order chi connectivity index (χ0) is 20.1. The molecule has 29 heavy (non-hydrogen) atoms. The van der Waals surface area contributed by atoms with Gasteiger partial charge in [-0.05, 0) is 24.1 Å². The van der Waals surface area contributed by atoms with Gasteiger partial charge in [-0.15, -0.1) is 0 Å². The van der Waals surface area contributed by atoms with Crippen molar-refractivity contribution in [1.82, 2.24) is 10.1 Å². The Labute approximate surface area is 169 Å². The van der Waals surface area contributed by atoms with Crippen LogP contribution in [0.5, 0.6) is 0 Å². The summed E-state index contributed by atoms with van der Waals surface area (Å²) in [5, 5.41) is 6.18. The van der Waals surface area contributed by atoms with Gasteiger partial charge in [-0.25, -0.2) is 4.39 Å². The fourth-order valence-electron chi connectivity index (χ4n) is 3.39. The molecule has 146 valence electrons. The van der Waals surface area contributed by atoms with Gasteiger partial charge in [0, 0.05) is 16.7 Å². The quantitative estimate of drug-likeness (QED) is 0.514. The monoisotopic (exact) mass is 388 g/mol. The molecule has 5 heteroatoms. The highest BCUT2D eigenvalue weighted by Gasteiger charge is 2.20. The van der Waals surface area contributed by atoms with Gasteiger partial charge in [0.2, 0.25) is 5.82 Å². The molecule has 1 atom stereocenters. The lowest BCUT2D eigenvalue weighted by atomic mass is 9.97. The topological polar surface area (TPSA) is 55.5 Å². The molecular weight excluding hydrogens is 365 g/mol. The zero-order valence-corrected chi connectivity index (χ0v) is 16.3. The van der Waals surface area contributed by atoms with Crippen LogP contribution in [0, 0.1) is 5.82 Å². The number of aromatic nitrogens is 2. The van der Waals surface area contributed by atoms with Crippen molar-refractivity contribution in [1.29, 1.82) is 0 Å². The van der Waals surface area contributed by atoms with E-state index in [1.54, 1.807) is 12.1 Å². The summed E-state index contributed by atoms with van der Waals surface area (Å²) >= 11 is 0. The first-order chi connectivity index (χ1) is 14.2. The van der Waals surface area contributed by atoms with Crippen LogP contribution in [0.2, 0.25) is 0 Å². The lowest BCUT2D eigenvalue weighted by molar-refractivity contribution is -0.704. The van der Waals surface area contributed by atoms with Crippen molar-refractivity contribution in [2.45, 2.75) is 25.9 Å². The van der Waals surface area contributed by atoms with Gasteiger partial charge in [-0.2, -0.15) is 4.98 Å². The molecule has 4 aromatic rings. The zero-order valence-electron chi connectivity index (χ0n) is 16.3. The maximum Gasteiger partial charge on any atom is 0.282 e. The summed E-state index contributed by atoms with van der Waals surface area (Å²) in [6.45, 7) is 2.63. The third kappa shape index (κ3) is 4.58. The Bertz CT molecular complexity index is 1060. The van der Waals surface area contributed by atoms with Gasteiger partial charge in [0.25, 0.3) is 5.89 Å².